The fourth-order valence-electron chi connectivity index (χ4n) is 1.01. The van der Waals surface area contributed by atoms with Crippen LogP contribution in [0.15, 0.2) is 18.7 Å². The fourth-order valence-corrected chi connectivity index (χ4v) is 1.01. The number of rotatable bonds is 2. The number of nitrogens with one attached hydrogen (secondary N) is 1. The Morgan fingerprint density at radius 1 is 1.62 bits per heavy atom. The van der Waals surface area contributed by atoms with Gasteiger partial charge in [-0.25, -0.2) is 9.13 Å². The smallest absolute Gasteiger partial charge is 0.243 e. The second-order valence-electron chi connectivity index (χ2n) is 2.58. The van der Waals surface area contributed by atoms with Crippen LogP contribution < -0.4 is 17.0 Å². The monoisotopic (exact) mass is 200 g/mol. The van der Waals surface area contributed by atoms with Crippen molar-refractivity contribution in [2.24, 2.45) is 7.05 Å². The lowest BCUT2D eigenvalue weighted by Crippen LogP contribution is -3.00. The molecule has 0 amide bonds. The quantitative estimate of drug-likeness (QED) is 0.501. The van der Waals surface area contributed by atoms with Crippen molar-refractivity contribution in [1.82, 2.24) is 25.2 Å². The molecule has 0 spiro atoms. The molecule has 0 aliphatic carbocycles. The Bertz CT molecular complexity index is 353. The summed E-state index contributed by atoms with van der Waals surface area (Å²) in [6, 6.07) is 0. The minimum atomic E-state index is 0. The topological polar surface area (TPSA) is 63.3 Å². The maximum Gasteiger partial charge on any atom is 0.243 e. The highest BCUT2D eigenvalue weighted by atomic mass is 35.5. The van der Waals surface area contributed by atoms with E-state index < -0.39 is 0 Å². The van der Waals surface area contributed by atoms with E-state index in [9.17, 15) is 0 Å². The Kier molecular flexibility index (Phi) is 2.97. The molecule has 0 fully saturated rings. The van der Waals surface area contributed by atoms with Gasteiger partial charge in [0.25, 0.3) is 0 Å². The molecule has 13 heavy (non-hydrogen) atoms. The predicted octanol–water partition coefficient (Wildman–Crippen LogP) is -4.12. The molecule has 2 rings (SSSR count). The van der Waals surface area contributed by atoms with Crippen LogP contribution >= 0.6 is 0 Å². The van der Waals surface area contributed by atoms with Crippen LogP contribution in [-0.2, 0) is 13.6 Å². The van der Waals surface area contributed by atoms with Gasteiger partial charge in [0.1, 0.15) is 12.4 Å². The van der Waals surface area contributed by atoms with E-state index in [1.807, 2.05) is 34.9 Å². The number of H-pyrrole nitrogens is 1. The van der Waals surface area contributed by atoms with E-state index in [0.717, 1.165) is 0 Å². The lowest BCUT2D eigenvalue weighted by Gasteiger charge is -1.86. The minimum absolute atomic E-state index is 0. The Morgan fingerprint density at radius 2 is 2.46 bits per heavy atom. The Balaban J connectivity index is 0.000000845. The average molecular weight is 201 g/mol. The van der Waals surface area contributed by atoms with Crippen molar-refractivity contribution in [2.45, 2.75) is 6.54 Å². The molecule has 0 atom stereocenters. The van der Waals surface area contributed by atoms with Gasteiger partial charge in [-0.3, -0.25) is 0 Å². The molecule has 6 nitrogen and oxygen atoms in total. The lowest BCUT2D eigenvalue weighted by molar-refractivity contribution is -0.671. The first-order chi connectivity index (χ1) is 5.84. The zero-order valence-electron chi connectivity index (χ0n) is 7.05. The Morgan fingerprint density at radius 3 is 3.00 bits per heavy atom. The molecular formula is C6H9ClN6. The van der Waals surface area contributed by atoms with E-state index >= 15 is 0 Å². The molecule has 2 aromatic rings. The first-order valence-corrected chi connectivity index (χ1v) is 3.58. The van der Waals surface area contributed by atoms with Crippen LogP contribution in [0, 0.1) is 0 Å². The number of halogens is 1. The second kappa shape index (κ2) is 3.99. The molecule has 0 aliphatic rings. The van der Waals surface area contributed by atoms with E-state index in [-0.39, 0.29) is 12.4 Å². The van der Waals surface area contributed by atoms with Crippen LogP contribution in [0.5, 0.6) is 0 Å². The van der Waals surface area contributed by atoms with Crippen molar-refractivity contribution in [1.29, 1.82) is 0 Å². The SMILES string of the molecule is C[n+]1ccn(Cc2nn[nH]n2)c1.[Cl-]. The van der Waals surface area contributed by atoms with Crippen molar-refractivity contribution < 1.29 is 17.0 Å². The molecule has 0 unspecified atom stereocenters. The molecular weight excluding hydrogens is 192 g/mol. The molecule has 2 heterocycles. The number of nitrogens with zero attached hydrogens (tertiary/aromatic N) is 5. The molecule has 7 heteroatoms. The Hall–Kier alpha value is -1.43. The number of aryl methyl sites for hydroxylation is 1. The highest BCUT2D eigenvalue weighted by Crippen LogP contribution is 1.89. The van der Waals surface area contributed by atoms with Gasteiger partial charge < -0.3 is 12.4 Å². The van der Waals surface area contributed by atoms with E-state index in [2.05, 4.69) is 20.6 Å². The van der Waals surface area contributed by atoms with Crippen LogP contribution in [-0.4, -0.2) is 25.2 Å². The molecule has 0 aliphatic heterocycles. The van der Waals surface area contributed by atoms with Crippen molar-refractivity contribution in [2.75, 3.05) is 0 Å². The van der Waals surface area contributed by atoms with Gasteiger partial charge in [-0.2, -0.15) is 5.21 Å². The van der Waals surface area contributed by atoms with Crippen molar-refractivity contribution in [3.05, 3.63) is 24.5 Å². The summed E-state index contributed by atoms with van der Waals surface area (Å²) < 4.78 is 3.94. The van der Waals surface area contributed by atoms with Gasteiger partial charge in [0.15, 0.2) is 6.54 Å². The maximum atomic E-state index is 3.84. The van der Waals surface area contributed by atoms with Gasteiger partial charge in [-0.05, 0) is 0 Å². The maximum absolute atomic E-state index is 3.84. The fraction of sp³-hybridized carbons (Fsp3) is 0.333. The molecule has 0 bridgehead atoms. The van der Waals surface area contributed by atoms with Gasteiger partial charge >= 0.3 is 0 Å². The minimum Gasteiger partial charge on any atom is -1.00 e. The summed E-state index contributed by atoms with van der Waals surface area (Å²) in [5.41, 5.74) is 0. The Labute approximate surface area is 81.0 Å². The van der Waals surface area contributed by atoms with Crippen LogP contribution in [0.25, 0.3) is 0 Å². The highest BCUT2D eigenvalue weighted by Gasteiger charge is 2.04. The number of aromatic amines is 1. The van der Waals surface area contributed by atoms with E-state index in [1.54, 1.807) is 0 Å². The van der Waals surface area contributed by atoms with Gasteiger partial charge in [-0.15, -0.1) is 10.2 Å². The summed E-state index contributed by atoms with van der Waals surface area (Å²) in [6.07, 6.45) is 5.87. The zero-order valence-corrected chi connectivity index (χ0v) is 7.81. The number of hydrogen-bond acceptors (Lipinski definition) is 3. The molecule has 1 N–H and O–H groups in total. The second-order valence-corrected chi connectivity index (χ2v) is 2.58. The summed E-state index contributed by atoms with van der Waals surface area (Å²) in [5.74, 6) is 0.686. The normalized spacial score (nSPS) is 9.62. The van der Waals surface area contributed by atoms with Crippen molar-refractivity contribution in [3.63, 3.8) is 0 Å². The third-order valence-electron chi connectivity index (χ3n) is 1.54. The van der Waals surface area contributed by atoms with Crippen molar-refractivity contribution >= 4 is 0 Å². The third kappa shape index (κ3) is 2.25. The van der Waals surface area contributed by atoms with Crippen LogP contribution in [0.4, 0.5) is 0 Å². The predicted molar refractivity (Wildman–Crippen MR) is 38.9 cm³/mol. The van der Waals surface area contributed by atoms with E-state index in [4.69, 9.17) is 0 Å². The zero-order chi connectivity index (χ0) is 8.39. The average Bonchev–Trinajstić information content (AvgIpc) is 2.63. The van der Waals surface area contributed by atoms with Crippen molar-refractivity contribution in [3.8, 4) is 0 Å². The number of tetrazole rings is 1. The molecule has 0 aromatic carbocycles. The number of hydrogen-bond donors (Lipinski definition) is 1. The molecule has 0 radical (unpaired) electrons. The summed E-state index contributed by atoms with van der Waals surface area (Å²) in [5, 5.41) is 13.6. The van der Waals surface area contributed by atoms with E-state index in [1.165, 1.54) is 0 Å². The number of aromatic nitrogens is 6. The standard InChI is InChI=1S/C6H9N6.ClH/c1-11-2-3-12(5-11)4-6-7-9-10-8-6;/h2-3,5H,4H2,1H3,(H,7,8,9,10);1H/q+1;/p-1. The van der Waals surface area contributed by atoms with Crippen LogP contribution in [0.2, 0.25) is 0 Å². The molecule has 0 saturated heterocycles. The van der Waals surface area contributed by atoms with Gasteiger partial charge in [-0.1, -0.05) is 5.21 Å². The van der Waals surface area contributed by atoms with Crippen LogP contribution in [0.3, 0.4) is 0 Å². The highest BCUT2D eigenvalue weighted by molar-refractivity contribution is 4.79. The number of imidazole rings is 1. The van der Waals surface area contributed by atoms with Crippen LogP contribution in [0.1, 0.15) is 5.82 Å². The van der Waals surface area contributed by atoms with Gasteiger partial charge in [0.05, 0.1) is 7.05 Å². The van der Waals surface area contributed by atoms with Gasteiger partial charge in [0.2, 0.25) is 12.2 Å². The van der Waals surface area contributed by atoms with E-state index in [0.29, 0.717) is 12.4 Å². The molecule has 0 saturated carbocycles. The first kappa shape index (κ1) is 9.66. The molecule has 2 aromatic heterocycles. The summed E-state index contributed by atoms with van der Waals surface area (Å²) in [4.78, 5) is 0. The van der Waals surface area contributed by atoms with Gasteiger partial charge in [0, 0.05) is 0 Å². The summed E-state index contributed by atoms with van der Waals surface area (Å²) in [7, 11) is 1.97. The lowest BCUT2D eigenvalue weighted by atomic mass is 10.6. The molecule has 70 valence electrons. The third-order valence-corrected chi connectivity index (χ3v) is 1.54. The first-order valence-electron chi connectivity index (χ1n) is 3.58. The largest absolute Gasteiger partial charge is 1.00 e. The summed E-state index contributed by atoms with van der Waals surface area (Å²) in [6.45, 7) is 0.650. The summed E-state index contributed by atoms with van der Waals surface area (Å²) >= 11 is 0.